The topological polar surface area (TPSA) is 87.2 Å². The van der Waals surface area contributed by atoms with Crippen LogP contribution in [0.2, 0.25) is 0 Å². The predicted octanol–water partition coefficient (Wildman–Crippen LogP) is 1.03. The Kier molecular flexibility index (Phi) is 5.96. The lowest BCUT2D eigenvalue weighted by molar-refractivity contribution is -0.125. The lowest BCUT2D eigenvalue weighted by Crippen LogP contribution is -2.48. The molecule has 2 aliphatic heterocycles. The van der Waals surface area contributed by atoms with Crippen molar-refractivity contribution in [3.63, 3.8) is 0 Å². The van der Waals surface area contributed by atoms with Crippen LogP contribution < -0.4 is 0 Å². The Morgan fingerprint density at radius 2 is 1.86 bits per heavy atom. The number of methoxy groups -OCH3 is 1. The highest BCUT2D eigenvalue weighted by Crippen LogP contribution is 2.27. The van der Waals surface area contributed by atoms with Gasteiger partial charge in [0.05, 0.1) is 13.2 Å². The maximum absolute atomic E-state index is 13.9. The maximum Gasteiger partial charge on any atom is 0.327 e. The van der Waals surface area contributed by atoms with Crippen LogP contribution in [0.4, 0.5) is 13.6 Å². The van der Waals surface area contributed by atoms with E-state index in [1.165, 1.54) is 12.0 Å². The summed E-state index contributed by atoms with van der Waals surface area (Å²) in [6.07, 6.45) is 0.598. The molecular weight excluding hydrogens is 396 g/mol. The molecule has 154 valence electrons. The van der Waals surface area contributed by atoms with Crippen molar-refractivity contribution in [1.29, 1.82) is 0 Å². The highest BCUT2D eigenvalue weighted by molar-refractivity contribution is 7.89. The van der Waals surface area contributed by atoms with E-state index in [4.69, 9.17) is 4.74 Å². The summed E-state index contributed by atoms with van der Waals surface area (Å²) in [5.41, 5.74) is 0. The number of carbonyl (C=O) groups is 2. The molecule has 0 unspecified atom stereocenters. The molecule has 8 nitrogen and oxygen atoms in total. The molecule has 0 saturated carbocycles. The van der Waals surface area contributed by atoms with Crippen LogP contribution in [0.15, 0.2) is 23.1 Å². The average Bonchev–Trinajstić information content (AvgIpc) is 2.96. The van der Waals surface area contributed by atoms with Crippen LogP contribution in [-0.4, -0.2) is 80.4 Å². The van der Waals surface area contributed by atoms with Gasteiger partial charge in [0.25, 0.3) is 0 Å². The van der Waals surface area contributed by atoms with E-state index in [0.717, 1.165) is 21.3 Å². The predicted molar refractivity (Wildman–Crippen MR) is 93.8 cm³/mol. The van der Waals surface area contributed by atoms with Crippen LogP contribution in [0.5, 0.6) is 0 Å². The van der Waals surface area contributed by atoms with Crippen molar-refractivity contribution < 1.29 is 31.5 Å². The molecule has 2 saturated heterocycles. The molecule has 2 aliphatic rings. The van der Waals surface area contributed by atoms with Gasteiger partial charge in [0.2, 0.25) is 15.9 Å². The first-order valence-electron chi connectivity index (χ1n) is 8.81. The van der Waals surface area contributed by atoms with Crippen molar-refractivity contribution in [3.8, 4) is 0 Å². The quantitative estimate of drug-likeness (QED) is 0.646. The summed E-state index contributed by atoms with van der Waals surface area (Å²) in [7, 11) is -2.72. The zero-order chi connectivity index (χ0) is 20.5. The van der Waals surface area contributed by atoms with E-state index < -0.39 is 32.6 Å². The van der Waals surface area contributed by atoms with E-state index in [-0.39, 0.29) is 44.7 Å². The molecule has 11 heteroatoms. The van der Waals surface area contributed by atoms with Gasteiger partial charge in [0.1, 0.15) is 23.1 Å². The Morgan fingerprint density at radius 3 is 2.50 bits per heavy atom. The molecule has 1 aromatic rings. The maximum atomic E-state index is 13.9. The third-order valence-electron chi connectivity index (χ3n) is 4.98. The smallest absolute Gasteiger partial charge is 0.327 e. The fraction of sp³-hybridized carbons (Fsp3) is 0.529. The van der Waals surface area contributed by atoms with Gasteiger partial charge in [0, 0.05) is 26.2 Å². The summed E-state index contributed by atoms with van der Waals surface area (Å²) < 4.78 is 58.5. The lowest BCUT2D eigenvalue weighted by atomic mass is 10.1. The van der Waals surface area contributed by atoms with Crippen LogP contribution in [0.3, 0.4) is 0 Å². The molecule has 1 aromatic carbocycles. The fourth-order valence-corrected chi connectivity index (χ4v) is 5.00. The minimum absolute atomic E-state index is 0.0407. The van der Waals surface area contributed by atoms with Gasteiger partial charge in [-0.25, -0.2) is 22.0 Å². The number of carbonyl (C=O) groups excluding carboxylic acids is 2. The first kappa shape index (κ1) is 20.6. The summed E-state index contributed by atoms with van der Waals surface area (Å²) in [5, 5.41) is 0. The van der Waals surface area contributed by atoms with Gasteiger partial charge in [0.15, 0.2) is 0 Å². The summed E-state index contributed by atoms with van der Waals surface area (Å²) in [6, 6.07) is 1.57. The molecule has 2 fully saturated rings. The molecule has 0 bridgehead atoms. The standard InChI is InChI=1S/C17H21F2N3O5S/c1-27-9-8-21-16(23)11-22(17(21)24)13-4-6-20(7-5-13)28(25,26)15-10-12(18)2-3-14(15)19/h2-3,10,13H,4-9,11H2,1H3. The van der Waals surface area contributed by atoms with E-state index in [0.29, 0.717) is 18.9 Å². The molecule has 0 atom stereocenters. The molecule has 0 spiro atoms. The van der Waals surface area contributed by atoms with E-state index >= 15 is 0 Å². The number of piperidine rings is 1. The number of nitrogens with zero attached hydrogens (tertiary/aromatic N) is 3. The number of amides is 3. The zero-order valence-electron chi connectivity index (χ0n) is 15.3. The summed E-state index contributed by atoms with van der Waals surface area (Å²) >= 11 is 0. The number of hydrogen-bond acceptors (Lipinski definition) is 5. The van der Waals surface area contributed by atoms with Crippen molar-refractivity contribution in [2.75, 3.05) is 39.9 Å². The molecule has 0 aromatic heterocycles. The largest absolute Gasteiger partial charge is 0.383 e. The zero-order valence-corrected chi connectivity index (χ0v) is 16.1. The van der Waals surface area contributed by atoms with Crippen molar-refractivity contribution in [3.05, 3.63) is 29.8 Å². The SMILES string of the molecule is COCCN1C(=O)CN(C2CCN(S(=O)(=O)c3cc(F)ccc3F)CC2)C1=O. The van der Waals surface area contributed by atoms with Crippen molar-refractivity contribution >= 4 is 22.0 Å². The fourth-order valence-electron chi connectivity index (χ4n) is 3.46. The van der Waals surface area contributed by atoms with E-state index in [1.54, 1.807) is 0 Å². The normalized spacial score (nSPS) is 19.7. The number of urea groups is 1. The molecule has 0 radical (unpaired) electrons. The van der Waals surface area contributed by atoms with Crippen molar-refractivity contribution in [2.45, 2.75) is 23.8 Å². The minimum Gasteiger partial charge on any atom is -0.383 e. The number of ether oxygens (including phenoxy) is 1. The average molecular weight is 417 g/mol. The second-order valence-corrected chi connectivity index (χ2v) is 8.57. The number of sulfonamides is 1. The van der Waals surface area contributed by atoms with Crippen molar-refractivity contribution in [2.24, 2.45) is 0 Å². The molecule has 0 N–H and O–H groups in total. The number of benzene rings is 1. The number of rotatable bonds is 6. The minimum atomic E-state index is -4.19. The first-order valence-corrected chi connectivity index (χ1v) is 10.2. The van der Waals surface area contributed by atoms with Gasteiger partial charge in [-0.2, -0.15) is 4.31 Å². The monoisotopic (exact) mass is 417 g/mol. The Bertz CT molecular complexity index is 872. The second-order valence-electron chi connectivity index (χ2n) is 6.66. The Labute approximate surface area is 161 Å². The van der Waals surface area contributed by atoms with Gasteiger partial charge < -0.3 is 9.64 Å². The lowest BCUT2D eigenvalue weighted by Gasteiger charge is -2.35. The summed E-state index contributed by atoms with van der Waals surface area (Å²) in [6.45, 7) is 0.425. The van der Waals surface area contributed by atoms with Crippen LogP contribution in [-0.2, 0) is 19.6 Å². The molecule has 3 rings (SSSR count). The van der Waals surface area contributed by atoms with Gasteiger partial charge in [-0.05, 0) is 31.0 Å². The Balaban J connectivity index is 1.67. The van der Waals surface area contributed by atoms with Gasteiger partial charge in [-0.15, -0.1) is 0 Å². The van der Waals surface area contributed by atoms with Crippen LogP contribution in [0.1, 0.15) is 12.8 Å². The van der Waals surface area contributed by atoms with Crippen LogP contribution >= 0.6 is 0 Å². The van der Waals surface area contributed by atoms with Crippen molar-refractivity contribution in [1.82, 2.24) is 14.1 Å². The molecule has 0 aliphatic carbocycles. The second kappa shape index (κ2) is 8.10. The molecule has 2 heterocycles. The third kappa shape index (κ3) is 3.87. The molecular formula is C17H21F2N3O5S. The third-order valence-corrected chi connectivity index (χ3v) is 6.89. The first-order chi connectivity index (χ1) is 13.3. The summed E-state index contributed by atoms with van der Waals surface area (Å²) in [5.74, 6) is -2.18. The highest BCUT2D eigenvalue weighted by atomic mass is 32.2. The van der Waals surface area contributed by atoms with Crippen LogP contribution in [0.25, 0.3) is 0 Å². The molecule has 3 amide bonds. The Hall–Kier alpha value is -2.11. The summed E-state index contributed by atoms with van der Waals surface area (Å²) in [4.78, 5) is 26.4. The van der Waals surface area contributed by atoms with Crippen LogP contribution in [0, 0.1) is 11.6 Å². The molecule has 28 heavy (non-hydrogen) atoms. The van der Waals surface area contributed by atoms with E-state index in [2.05, 4.69) is 0 Å². The van der Waals surface area contributed by atoms with Gasteiger partial charge >= 0.3 is 6.03 Å². The van der Waals surface area contributed by atoms with Gasteiger partial charge in [-0.1, -0.05) is 0 Å². The van der Waals surface area contributed by atoms with E-state index in [9.17, 15) is 26.8 Å². The van der Waals surface area contributed by atoms with Gasteiger partial charge in [-0.3, -0.25) is 9.69 Å². The number of imide groups is 1. The highest BCUT2D eigenvalue weighted by Gasteiger charge is 2.41. The Morgan fingerprint density at radius 1 is 1.18 bits per heavy atom. The number of halogens is 2. The number of hydrogen-bond donors (Lipinski definition) is 0. The van der Waals surface area contributed by atoms with E-state index in [1.807, 2.05) is 0 Å².